The van der Waals surface area contributed by atoms with Crippen LogP contribution in [0.15, 0.2) is 18.2 Å². The Morgan fingerprint density at radius 2 is 2.10 bits per heavy atom. The predicted octanol–water partition coefficient (Wildman–Crippen LogP) is 3.80. The highest BCUT2D eigenvalue weighted by Crippen LogP contribution is 2.49. The molecule has 112 valence electrons. The van der Waals surface area contributed by atoms with Crippen LogP contribution >= 0.6 is 11.6 Å². The Morgan fingerprint density at radius 3 is 2.71 bits per heavy atom. The van der Waals surface area contributed by atoms with E-state index in [0.717, 1.165) is 12.3 Å². The molecular formula is C16H18ClNO3. The van der Waals surface area contributed by atoms with E-state index in [1.165, 1.54) is 37.5 Å². The third-order valence-corrected chi connectivity index (χ3v) is 5.15. The van der Waals surface area contributed by atoms with Crippen LogP contribution in [0.4, 0.5) is 5.69 Å². The lowest BCUT2D eigenvalue weighted by Crippen LogP contribution is -2.20. The van der Waals surface area contributed by atoms with Gasteiger partial charge < -0.3 is 10.4 Å². The van der Waals surface area contributed by atoms with Crippen molar-refractivity contribution in [3.8, 4) is 0 Å². The zero-order valence-corrected chi connectivity index (χ0v) is 12.4. The van der Waals surface area contributed by atoms with Crippen molar-refractivity contribution in [2.45, 2.75) is 32.1 Å². The monoisotopic (exact) mass is 307 g/mol. The number of benzene rings is 1. The highest BCUT2D eigenvalue weighted by atomic mass is 35.5. The Kier molecular flexibility index (Phi) is 3.89. The van der Waals surface area contributed by atoms with Gasteiger partial charge >= 0.3 is 5.97 Å². The Morgan fingerprint density at radius 1 is 1.29 bits per heavy atom. The third kappa shape index (κ3) is 3.05. The highest BCUT2D eigenvalue weighted by molar-refractivity contribution is 6.33. The number of rotatable bonds is 4. The van der Waals surface area contributed by atoms with Gasteiger partial charge in [-0.3, -0.25) is 4.79 Å². The number of amides is 1. The lowest BCUT2D eigenvalue weighted by Gasteiger charge is -2.21. The van der Waals surface area contributed by atoms with Gasteiger partial charge in [-0.1, -0.05) is 18.0 Å². The lowest BCUT2D eigenvalue weighted by molar-refractivity contribution is -0.117. The summed E-state index contributed by atoms with van der Waals surface area (Å²) in [6.45, 7) is 0. The second kappa shape index (κ2) is 5.68. The molecule has 0 radical (unpaired) electrons. The van der Waals surface area contributed by atoms with Gasteiger partial charge in [-0.05, 0) is 55.2 Å². The smallest absolute Gasteiger partial charge is 0.335 e. The number of carboxylic acids is 1. The van der Waals surface area contributed by atoms with Crippen molar-refractivity contribution >= 4 is 29.2 Å². The molecule has 1 aromatic carbocycles. The number of hydrogen-bond donors (Lipinski definition) is 2. The number of halogens is 1. The van der Waals surface area contributed by atoms with E-state index in [-0.39, 0.29) is 11.5 Å². The van der Waals surface area contributed by atoms with Gasteiger partial charge in [0.15, 0.2) is 0 Å². The number of anilines is 1. The zero-order valence-electron chi connectivity index (χ0n) is 11.6. The van der Waals surface area contributed by atoms with Crippen molar-refractivity contribution in [3.05, 3.63) is 28.8 Å². The van der Waals surface area contributed by atoms with Crippen LogP contribution in [0.5, 0.6) is 0 Å². The Balaban J connectivity index is 1.64. The van der Waals surface area contributed by atoms with Crippen LogP contribution in [0.1, 0.15) is 42.5 Å². The summed E-state index contributed by atoms with van der Waals surface area (Å²) in [5.74, 6) is 0.880. The SMILES string of the molecule is O=C(CC1CC2CCC1C2)Nc1cc(C(=O)O)ccc1Cl. The van der Waals surface area contributed by atoms with Gasteiger partial charge in [0.1, 0.15) is 0 Å². The maximum atomic E-state index is 12.2. The van der Waals surface area contributed by atoms with Crippen LogP contribution in [0.25, 0.3) is 0 Å². The van der Waals surface area contributed by atoms with Crippen LogP contribution in [-0.2, 0) is 4.79 Å². The number of nitrogens with one attached hydrogen (secondary N) is 1. The minimum Gasteiger partial charge on any atom is -0.478 e. The van der Waals surface area contributed by atoms with Gasteiger partial charge in [0.2, 0.25) is 5.91 Å². The second-order valence-electron chi connectivity index (χ2n) is 6.19. The van der Waals surface area contributed by atoms with E-state index >= 15 is 0 Å². The van der Waals surface area contributed by atoms with Crippen LogP contribution in [0.2, 0.25) is 5.02 Å². The molecule has 0 aromatic heterocycles. The molecule has 3 atom stereocenters. The molecule has 2 aliphatic carbocycles. The first-order valence-corrected chi connectivity index (χ1v) is 7.73. The maximum Gasteiger partial charge on any atom is 0.335 e. The number of fused-ring (bicyclic) bond motifs is 2. The van der Waals surface area contributed by atoms with E-state index in [2.05, 4.69) is 5.32 Å². The number of aromatic carboxylic acids is 1. The van der Waals surface area contributed by atoms with Crippen molar-refractivity contribution in [2.75, 3.05) is 5.32 Å². The summed E-state index contributed by atoms with van der Waals surface area (Å²) < 4.78 is 0. The average molecular weight is 308 g/mol. The van der Waals surface area contributed by atoms with Gasteiger partial charge in [0.25, 0.3) is 0 Å². The molecule has 2 fully saturated rings. The number of carbonyl (C=O) groups excluding carboxylic acids is 1. The summed E-state index contributed by atoms with van der Waals surface area (Å²) in [4.78, 5) is 23.1. The standard InChI is InChI=1S/C16H18ClNO3/c17-13-4-3-11(16(20)21)7-14(13)18-15(19)8-12-6-9-1-2-10(12)5-9/h3-4,7,9-10,12H,1-2,5-6,8H2,(H,18,19)(H,20,21). The fraction of sp³-hybridized carbons (Fsp3) is 0.500. The Hall–Kier alpha value is -1.55. The van der Waals surface area contributed by atoms with Gasteiger partial charge in [0, 0.05) is 6.42 Å². The molecule has 2 aliphatic rings. The van der Waals surface area contributed by atoms with Gasteiger partial charge in [-0.2, -0.15) is 0 Å². The zero-order chi connectivity index (χ0) is 15.0. The summed E-state index contributed by atoms with van der Waals surface area (Å²) >= 11 is 6.02. The first-order valence-electron chi connectivity index (χ1n) is 7.35. The summed E-state index contributed by atoms with van der Waals surface area (Å²) in [6, 6.07) is 4.33. The van der Waals surface area contributed by atoms with Crippen molar-refractivity contribution in [1.82, 2.24) is 0 Å². The minimum absolute atomic E-state index is 0.0722. The van der Waals surface area contributed by atoms with Crippen molar-refractivity contribution in [3.63, 3.8) is 0 Å². The molecule has 3 unspecified atom stereocenters. The predicted molar refractivity (Wildman–Crippen MR) is 80.6 cm³/mol. The quantitative estimate of drug-likeness (QED) is 0.889. The number of carboxylic acid groups (broad SMARTS) is 1. The normalized spacial score (nSPS) is 26.8. The molecule has 0 saturated heterocycles. The molecule has 5 heteroatoms. The number of carbonyl (C=O) groups is 2. The van der Waals surface area contributed by atoms with Crippen LogP contribution in [0, 0.1) is 17.8 Å². The van der Waals surface area contributed by atoms with Crippen molar-refractivity contribution < 1.29 is 14.7 Å². The van der Waals surface area contributed by atoms with Gasteiger partial charge in [-0.15, -0.1) is 0 Å². The molecule has 1 aromatic rings. The largest absolute Gasteiger partial charge is 0.478 e. The molecule has 21 heavy (non-hydrogen) atoms. The number of hydrogen-bond acceptors (Lipinski definition) is 2. The first kappa shape index (κ1) is 14.4. The van der Waals surface area contributed by atoms with Crippen molar-refractivity contribution in [1.29, 1.82) is 0 Å². The van der Waals surface area contributed by atoms with Crippen LogP contribution in [0.3, 0.4) is 0 Å². The van der Waals surface area contributed by atoms with Crippen molar-refractivity contribution in [2.24, 2.45) is 17.8 Å². The van der Waals surface area contributed by atoms with E-state index in [9.17, 15) is 9.59 Å². The van der Waals surface area contributed by atoms with Gasteiger partial charge in [0.05, 0.1) is 16.3 Å². The molecule has 2 N–H and O–H groups in total. The van der Waals surface area contributed by atoms with E-state index in [1.807, 2.05) is 0 Å². The molecule has 3 rings (SSSR count). The summed E-state index contributed by atoms with van der Waals surface area (Å²) in [5, 5.41) is 12.1. The fourth-order valence-corrected chi connectivity index (χ4v) is 3.98. The Bertz CT molecular complexity index is 587. The molecule has 1 amide bonds. The van der Waals surface area contributed by atoms with E-state index in [4.69, 9.17) is 16.7 Å². The maximum absolute atomic E-state index is 12.2. The summed E-state index contributed by atoms with van der Waals surface area (Å²) in [6.07, 6.45) is 5.50. The summed E-state index contributed by atoms with van der Waals surface area (Å²) in [7, 11) is 0. The molecule has 2 saturated carbocycles. The highest BCUT2D eigenvalue weighted by Gasteiger charge is 2.40. The fourth-order valence-electron chi connectivity index (χ4n) is 3.82. The summed E-state index contributed by atoms with van der Waals surface area (Å²) in [5.41, 5.74) is 0.499. The molecule has 4 nitrogen and oxygen atoms in total. The molecule has 0 spiro atoms. The van der Waals surface area contributed by atoms with E-state index in [1.54, 1.807) is 0 Å². The Labute approximate surface area is 128 Å². The van der Waals surface area contributed by atoms with Crippen LogP contribution in [-0.4, -0.2) is 17.0 Å². The topological polar surface area (TPSA) is 66.4 Å². The van der Waals surface area contributed by atoms with Gasteiger partial charge in [-0.25, -0.2) is 4.79 Å². The second-order valence-corrected chi connectivity index (χ2v) is 6.59. The first-order chi connectivity index (χ1) is 10.0. The van der Waals surface area contributed by atoms with Crippen LogP contribution < -0.4 is 5.32 Å². The lowest BCUT2D eigenvalue weighted by atomic mass is 9.86. The average Bonchev–Trinajstić information content (AvgIpc) is 3.03. The molecule has 0 heterocycles. The molecular weight excluding hydrogens is 290 g/mol. The minimum atomic E-state index is -1.03. The van der Waals surface area contributed by atoms with E-state index < -0.39 is 5.97 Å². The third-order valence-electron chi connectivity index (χ3n) is 4.82. The van der Waals surface area contributed by atoms with E-state index in [0.29, 0.717) is 29.0 Å². The molecule has 0 aliphatic heterocycles. The molecule has 2 bridgehead atoms.